The molecule has 0 radical (unpaired) electrons. The van der Waals surface area contributed by atoms with Crippen molar-refractivity contribution in [1.82, 2.24) is 9.80 Å². The van der Waals surface area contributed by atoms with E-state index in [1.54, 1.807) is 37.3 Å². The van der Waals surface area contributed by atoms with Crippen LogP contribution in [0.2, 0.25) is 0 Å². The average Bonchev–Trinajstić information content (AvgIpc) is 2.87. The summed E-state index contributed by atoms with van der Waals surface area (Å²) in [5, 5.41) is 2.95. The van der Waals surface area contributed by atoms with Crippen LogP contribution >= 0.6 is 0 Å². The second kappa shape index (κ2) is 11.8. The average molecular weight is 508 g/mol. The summed E-state index contributed by atoms with van der Waals surface area (Å²) in [5.41, 5.74) is 1.55. The van der Waals surface area contributed by atoms with E-state index in [0.29, 0.717) is 35.7 Å². The molecule has 0 aromatic heterocycles. The van der Waals surface area contributed by atoms with E-state index >= 15 is 0 Å². The lowest BCUT2D eigenvalue weighted by molar-refractivity contribution is -0.122. The van der Waals surface area contributed by atoms with Crippen LogP contribution < -0.4 is 10.1 Å². The molecule has 8 heteroatoms. The number of hydrogen-bond donors (Lipinski definition) is 1. The highest BCUT2D eigenvalue weighted by atomic mass is 16.5. The first-order chi connectivity index (χ1) is 17.8. The van der Waals surface area contributed by atoms with E-state index in [1.807, 2.05) is 49.1 Å². The summed E-state index contributed by atoms with van der Waals surface area (Å²) in [4.78, 5) is 42.9. The number of nitrogens with zero attached hydrogens (tertiary/aromatic N) is 2. The second-order valence-electron chi connectivity index (χ2n) is 10.2. The molecular weight excluding hydrogens is 470 g/mol. The third kappa shape index (κ3) is 6.13. The number of carbonyl (C=O) groups excluding carboxylic acids is 3. The van der Waals surface area contributed by atoms with Gasteiger partial charge in [-0.2, -0.15) is 0 Å². The molecular formula is C29H37N3O5. The number of ether oxygens (including phenoxy) is 2. The van der Waals surface area contributed by atoms with Crippen LogP contribution in [-0.4, -0.2) is 73.5 Å². The van der Waals surface area contributed by atoms with Crippen LogP contribution in [0.4, 0.5) is 5.69 Å². The summed E-state index contributed by atoms with van der Waals surface area (Å²) >= 11 is 0. The van der Waals surface area contributed by atoms with E-state index in [0.717, 1.165) is 19.3 Å². The first kappa shape index (κ1) is 26.7. The molecule has 0 unspecified atom stereocenters. The molecule has 1 fully saturated rings. The highest BCUT2D eigenvalue weighted by Gasteiger charge is 2.31. The molecule has 0 spiro atoms. The number of rotatable bonds is 4. The zero-order valence-corrected chi connectivity index (χ0v) is 22.1. The van der Waals surface area contributed by atoms with Crippen molar-refractivity contribution in [1.29, 1.82) is 0 Å². The summed E-state index contributed by atoms with van der Waals surface area (Å²) in [6.45, 7) is 4.98. The largest absolute Gasteiger partial charge is 0.491 e. The topological polar surface area (TPSA) is 88.2 Å². The summed E-state index contributed by atoms with van der Waals surface area (Å²) in [7, 11) is 3.36. The minimum Gasteiger partial charge on any atom is -0.491 e. The lowest BCUT2D eigenvalue weighted by atomic mass is 9.85. The molecule has 1 heterocycles. The molecule has 4 rings (SSSR count). The Bertz CT molecular complexity index is 1120. The van der Waals surface area contributed by atoms with Crippen molar-refractivity contribution < 1.29 is 23.9 Å². The van der Waals surface area contributed by atoms with Crippen LogP contribution in [0, 0.1) is 11.8 Å². The SMILES string of the molecule is CO[C@@H]1CN(C)C(=O)c2cc(NC(=O)C3CCC3)ccc2OC[C@@H](C)N(C(=O)c2ccccc2)C[C@H]1C. The molecule has 1 aliphatic carbocycles. The van der Waals surface area contributed by atoms with E-state index in [9.17, 15) is 14.4 Å². The molecule has 0 saturated heterocycles. The second-order valence-corrected chi connectivity index (χ2v) is 10.2. The number of hydrogen-bond acceptors (Lipinski definition) is 5. The van der Waals surface area contributed by atoms with Gasteiger partial charge in [-0.15, -0.1) is 0 Å². The van der Waals surface area contributed by atoms with Gasteiger partial charge in [0.2, 0.25) is 5.91 Å². The number of likely N-dealkylation sites (N-methyl/N-ethyl adjacent to an activating group) is 1. The third-order valence-electron chi connectivity index (χ3n) is 7.47. The Labute approximate surface area is 218 Å². The Morgan fingerprint density at radius 1 is 1.05 bits per heavy atom. The number of amides is 3. The maximum absolute atomic E-state index is 13.5. The molecule has 198 valence electrons. The van der Waals surface area contributed by atoms with Crippen LogP contribution in [0.3, 0.4) is 0 Å². The fourth-order valence-corrected chi connectivity index (χ4v) is 4.80. The van der Waals surface area contributed by atoms with Gasteiger partial charge < -0.3 is 24.6 Å². The van der Waals surface area contributed by atoms with E-state index < -0.39 is 0 Å². The van der Waals surface area contributed by atoms with Gasteiger partial charge in [-0.05, 0) is 50.1 Å². The molecule has 2 aromatic rings. The lowest BCUT2D eigenvalue weighted by Crippen LogP contribution is -2.48. The monoisotopic (exact) mass is 507 g/mol. The van der Waals surface area contributed by atoms with Crippen molar-refractivity contribution >= 4 is 23.4 Å². The maximum atomic E-state index is 13.5. The molecule has 37 heavy (non-hydrogen) atoms. The van der Waals surface area contributed by atoms with Gasteiger partial charge in [0, 0.05) is 50.3 Å². The van der Waals surface area contributed by atoms with Crippen LogP contribution in [-0.2, 0) is 9.53 Å². The van der Waals surface area contributed by atoms with Crippen LogP contribution in [0.25, 0.3) is 0 Å². The van der Waals surface area contributed by atoms with Gasteiger partial charge in [0.05, 0.1) is 17.7 Å². The van der Waals surface area contributed by atoms with E-state index in [-0.39, 0.29) is 48.3 Å². The van der Waals surface area contributed by atoms with Crippen molar-refractivity contribution in [2.75, 3.05) is 39.2 Å². The Morgan fingerprint density at radius 3 is 2.43 bits per heavy atom. The molecule has 8 nitrogen and oxygen atoms in total. The summed E-state index contributed by atoms with van der Waals surface area (Å²) in [6.07, 6.45) is 2.58. The predicted molar refractivity (Wildman–Crippen MR) is 142 cm³/mol. The lowest BCUT2D eigenvalue weighted by Gasteiger charge is -2.36. The molecule has 0 bridgehead atoms. The molecule has 3 atom stereocenters. The van der Waals surface area contributed by atoms with Gasteiger partial charge in [-0.3, -0.25) is 14.4 Å². The zero-order valence-electron chi connectivity index (χ0n) is 22.1. The summed E-state index contributed by atoms with van der Waals surface area (Å²) in [6, 6.07) is 14.1. The van der Waals surface area contributed by atoms with Crippen LogP contribution in [0.1, 0.15) is 53.8 Å². The Balaban J connectivity index is 1.64. The van der Waals surface area contributed by atoms with Crippen molar-refractivity contribution in [2.45, 2.75) is 45.3 Å². The number of benzene rings is 2. The highest BCUT2D eigenvalue weighted by Crippen LogP contribution is 2.30. The standard InChI is InChI=1S/C29H37N3O5/c1-19-16-32(28(34)22-9-6-5-7-10-22)20(2)18-37-25-14-13-23(30-27(33)21-11-8-12-21)15-24(25)29(35)31(3)17-26(19)36-4/h5-7,9-10,13-15,19-21,26H,8,11-12,16-18H2,1-4H3,(H,30,33)/t19-,20-,26-/m1/s1. The van der Waals surface area contributed by atoms with E-state index in [4.69, 9.17) is 9.47 Å². The molecule has 1 aliphatic heterocycles. The molecule has 3 amide bonds. The first-order valence-electron chi connectivity index (χ1n) is 13.0. The fraction of sp³-hybridized carbons (Fsp3) is 0.483. The van der Waals surface area contributed by atoms with Crippen LogP contribution in [0.15, 0.2) is 48.5 Å². The number of fused-ring (bicyclic) bond motifs is 1. The Hall–Kier alpha value is -3.39. The highest BCUT2D eigenvalue weighted by molar-refractivity contribution is 6.00. The normalized spacial score (nSPS) is 23.1. The molecule has 2 aliphatic rings. The number of carbonyl (C=O) groups is 3. The van der Waals surface area contributed by atoms with Gasteiger partial charge >= 0.3 is 0 Å². The fourth-order valence-electron chi connectivity index (χ4n) is 4.80. The van der Waals surface area contributed by atoms with Gasteiger partial charge in [-0.1, -0.05) is 31.5 Å². The quantitative estimate of drug-likeness (QED) is 0.674. The smallest absolute Gasteiger partial charge is 0.257 e. The first-order valence-corrected chi connectivity index (χ1v) is 13.0. The van der Waals surface area contributed by atoms with Crippen LogP contribution in [0.5, 0.6) is 5.75 Å². The molecule has 2 aromatic carbocycles. The summed E-state index contributed by atoms with van der Waals surface area (Å²) in [5.74, 6) is 0.109. The number of nitrogens with one attached hydrogen (secondary N) is 1. The van der Waals surface area contributed by atoms with Crippen molar-refractivity contribution in [3.05, 3.63) is 59.7 Å². The van der Waals surface area contributed by atoms with Gasteiger partial charge in [0.15, 0.2) is 0 Å². The van der Waals surface area contributed by atoms with Crippen molar-refractivity contribution in [3.8, 4) is 5.75 Å². The number of anilines is 1. The van der Waals surface area contributed by atoms with Gasteiger partial charge in [0.25, 0.3) is 11.8 Å². The Kier molecular flexibility index (Phi) is 8.48. The molecule has 1 saturated carbocycles. The summed E-state index contributed by atoms with van der Waals surface area (Å²) < 4.78 is 11.9. The zero-order chi connectivity index (χ0) is 26.5. The number of methoxy groups -OCH3 is 1. The van der Waals surface area contributed by atoms with E-state index in [2.05, 4.69) is 5.32 Å². The minimum atomic E-state index is -0.280. The molecule has 1 N–H and O–H groups in total. The minimum absolute atomic E-state index is 0.0157. The maximum Gasteiger partial charge on any atom is 0.257 e. The van der Waals surface area contributed by atoms with Gasteiger partial charge in [0.1, 0.15) is 12.4 Å². The third-order valence-corrected chi connectivity index (χ3v) is 7.47. The van der Waals surface area contributed by atoms with Crippen molar-refractivity contribution in [3.63, 3.8) is 0 Å². The Morgan fingerprint density at radius 2 is 1.78 bits per heavy atom. The van der Waals surface area contributed by atoms with Gasteiger partial charge in [-0.25, -0.2) is 0 Å². The van der Waals surface area contributed by atoms with Crippen molar-refractivity contribution in [2.24, 2.45) is 11.8 Å². The van der Waals surface area contributed by atoms with E-state index in [1.165, 1.54) is 0 Å². The predicted octanol–water partition coefficient (Wildman–Crippen LogP) is 4.07.